The minimum atomic E-state index is -0.329. The van der Waals surface area contributed by atoms with Crippen molar-refractivity contribution in [3.8, 4) is 0 Å². The molecule has 8 nitrogen and oxygen atoms in total. The molecule has 2 heterocycles. The van der Waals surface area contributed by atoms with Gasteiger partial charge in [0.25, 0.3) is 5.78 Å². The van der Waals surface area contributed by atoms with Crippen LogP contribution in [-0.4, -0.2) is 37.1 Å². The van der Waals surface area contributed by atoms with Crippen LogP contribution in [0, 0.1) is 13.8 Å². The van der Waals surface area contributed by atoms with Crippen molar-refractivity contribution >= 4 is 29.4 Å². The molecule has 0 saturated carbocycles. The number of aromatic nitrogens is 4. The highest BCUT2D eigenvalue weighted by molar-refractivity contribution is 7.99. The second kappa shape index (κ2) is 5.87. The molecule has 2 aromatic rings. The maximum Gasteiger partial charge on any atom is 0.253 e. The van der Waals surface area contributed by atoms with Crippen LogP contribution in [0.15, 0.2) is 11.2 Å². The number of thioether (sulfide) groups is 1. The Balaban J connectivity index is 2.02. The van der Waals surface area contributed by atoms with Crippen molar-refractivity contribution in [2.45, 2.75) is 25.9 Å². The van der Waals surface area contributed by atoms with Gasteiger partial charge in [-0.2, -0.15) is 4.98 Å². The van der Waals surface area contributed by atoms with Crippen LogP contribution in [0.4, 0.5) is 0 Å². The summed E-state index contributed by atoms with van der Waals surface area (Å²) in [5.74, 6) is -0.0449. The molecular weight excluding hydrogens is 280 g/mol. The lowest BCUT2D eigenvalue weighted by molar-refractivity contribution is -0.126. The number of rotatable bonds is 3. The van der Waals surface area contributed by atoms with Gasteiger partial charge in [0.15, 0.2) is 0 Å². The molecular formula is C11H14N6O2S. The summed E-state index contributed by atoms with van der Waals surface area (Å²) >= 11 is 1.17. The second-order valence-electron chi connectivity index (χ2n) is 4.16. The first-order chi connectivity index (χ1) is 9.45. The molecule has 2 aromatic heterocycles. The van der Waals surface area contributed by atoms with Gasteiger partial charge < -0.3 is 0 Å². The Kier molecular flexibility index (Phi) is 4.18. The van der Waals surface area contributed by atoms with E-state index in [1.165, 1.54) is 18.7 Å². The van der Waals surface area contributed by atoms with E-state index in [0.29, 0.717) is 10.9 Å². The molecule has 9 heteroatoms. The van der Waals surface area contributed by atoms with E-state index in [-0.39, 0.29) is 17.6 Å². The summed E-state index contributed by atoms with van der Waals surface area (Å²) in [6, 6.07) is 1.90. The molecule has 2 N–H and O–H groups in total. The van der Waals surface area contributed by atoms with Crippen LogP contribution in [0.2, 0.25) is 0 Å². The van der Waals surface area contributed by atoms with E-state index in [9.17, 15) is 9.59 Å². The number of carbonyl (C=O) groups is 2. The molecule has 2 rings (SSSR count). The number of nitrogens with zero attached hydrogens (tertiary/aromatic N) is 4. The highest BCUT2D eigenvalue weighted by Crippen LogP contribution is 2.14. The van der Waals surface area contributed by atoms with Crippen LogP contribution >= 0.6 is 11.8 Å². The fraction of sp³-hybridized carbons (Fsp3) is 0.364. The fourth-order valence-electron chi connectivity index (χ4n) is 1.53. The van der Waals surface area contributed by atoms with Gasteiger partial charge in [-0.25, -0.2) is 9.50 Å². The molecule has 20 heavy (non-hydrogen) atoms. The maximum atomic E-state index is 11.4. The highest BCUT2D eigenvalue weighted by Gasteiger charge is 2.10. The zero-order chi connectivity index (χ0) is 14.7. The summed E-state index contributed by atoms with van der Waals surface area (Å²) in [4.78, 5) is 30.6. The Morgan fingerprint density at radius 3 is 2.75 bits per heavy atom. The number of aryl methyl sites for hydroxylation is 2. The molecule has 0 aliphatic heterocycles. The van der Waals surface area contributed by atoms with Gasteiger partial charge >= 0.3 is 0 Å². The lowest BCUT2D eigenvalue weighted by Gasteiger charge is -2.02. The third-order valence-corrected chi connectivity index (χ3v) is 3.15. The first-order valence-corrected chi connectivity index (χ1v) is 6.83. The number of amides is 2. The molecule has 0 aromatic carbocycles. The number of hydrogen-bond acceptors (Lipinski definition) is 6. The van der Waals surface area contributed by atoms with Crippen LogP contribution in [-0.2, 0) is 9.59 Å². The third-order valence-electron chi connectivity index (χ3n) is 2.31. The van der Waals surface area contributed by atoms with E-state index in [0.717, 1.165) is 11.4 Å². The minimum Gasteiger partial charge on any atom is -0.274 e. The highest BCUT2D eigenvalue weighted by atomic mass is 32.2. The van der Waals surface area contributed by atoms with E-state index >= 15 is 0 Å². The summed E-state index contributed by atoms with van der Waals surface area (Å²) in [6.07, 6.45) is 0. The minimum absolute atomic E-state index is 0.106. The van der Waals surface area contributed by atoms with Crippen LogP contribution in [0.5, 0.6) is 0 Å². The van der Waals surface area contributed by atoms with Crippen LogP contribution in [0.25, 0.3) is 5.78 Å². The monoisotopic (exact) mass is 294 g/mol. The zero-order valence-electron chi connectivity index (χ0n) is 11.3. The summed E-state index contributed by atoms with van der Waals surface area (Å²) in [6.45, 7) is 5.11. The van der Waals surface area contributed by atoms with Gasteiger partial charge in [0, 0.05) is 18.3 Å². The molecule has 0 aliphatic rings. The van der Waals surface area contributed by atoms with Crippen molar-refractivity contribution in [1.82, 2.24) is 30.4 Å². The molecule has 0 fully saturated rings. The van der Waals surface area contributed by atoms with E-state index < -0.39 is 0 Å². The normalized spacial score (nSPS) is 10.6. The van der Waals surface area contributed by atoms with Gasteiger partial charge in [-0.15, -0.1) is 5.10 Å². The van der Waals surface area contributed by atoms with Gasteiger partial charge in [0.05, 0.1) is 5.75 Å². The predicted molar refractivity (Wildman–Crippen MR) is 72.9 cm³/mol. The smallest absolute Gasteiger partial charge is 0.253 e. The maximum absolute atomic E-state index is 11.4. The van der Waals surface area contributed by atoms with Gasteiger partial charge in [0.2, 0.25) is 17.0 Å². The van der Waals surface area contributed by atoms with E-state index in [1.807, 2.05) is 19.9 Å². The lowest BCUT2D eigenvalue weighted by atomic mass is 10.4. The average molecular weight is 294 g/mol. The molecule has 2 amide bonds. The van der Waals surface area contributed by atoms with Crippen LogP contribution in [0.3, 0.4) is 0 Å². The number of fused-ring (bicyclic) bond motifs is 1. The first-order valence-electron chi connectivity index (χ1n) is 5.85. The van der Waals surface area contributed by atoms with Crippen molar-refractivity contribution in [2.75, 3.05) is 5.75 Å². The van der Waals surface area contributed by atoms with Crippen molar-refractivity contribution in [3.63, 3.8) is 0 Å². The second-order valence-corrected chi connectivity index (χ2v) is 5.11. The molecule has 0 aliphatic carbocycles. The lowest BCUT2D eigenvalue weighted by Crippen LogP contribution is -2.41. The Morgan fingerprint density at radius 2 is 2.05 bits per heavy atom. The van der Waals surface area contributed by atoms with Crippen molar-refractivity contribution in [3.05, 3.63) is 17.5 Å². The third kappa shape index (κ3) is 3.44. The van der Waals surface area contributed by atoms with Crippen LogP contribution < -0.4 is 10.9 Å². The van der Waals surface area contributed by atoms with Gasteiger partial charge in [-0.3, -0.25) is 20.4 Å². The Morgan fingerprint density at radius 1 is 1.30 bits per heavy atom. The number of nitrogens with one attached hydrogen (secondary N) is 2. The summed E-state index contributed by atoms with van der Waals surface area (Å²) < 4.78 is 1.63. The largest absolute Gasteiger partial charge is 0.274 e. The van der Waals surface area contributed by atoms with E-state index in [1.54, 1.807) is 4.52 Å². The first kappa shape index (κ1) is 14.3. The van der Waals surface area contributed by atoms with Gasteiger partial charge in [0.1, 0.15) is 0 Å². The van der Waals surface area contributed by atoms with E-state index in [4.69, 9.17) is 0 Å². The average Bonchev–Trinajstić information content (AvgIpc) is 2.77. The Bertz CT molecular complexity index is 668. The van der Waals surface area contributed by atoms with Crippen molar-refractivity contribution < 1.29 is 9.59 Å². The Hall–Kier alpha value is -2.16. The van der Waals surface area contributed by atoms with Gasteiger partial charge in [-0.1, -0.05) is 11.8 Å². The summed E-state index contributed by atoms with van der Waals surface area (Å²) in [5.41, 5.74) is 6.27. The number of hydrogen-bond donors (Lipinski definition) is 2. The SMILES string of the molecule is CC(=O)NNC(=O)CSc1nc2nc(C)cc(C)n2n1. The Labute approximate surface area is 119 Å². The molecule has 0 spiro atoms. The van der Waals surface area contributed by atoms with Crippen molar-refractivity contribution in [2.24, 2.45) is 0 Å². The van der Waals surface area contributed by atoms with Gasteiger partial charge in [-0.05, 0) is 19.9 Å². The molecule has 0 saturated heterocycles. The molecule has 0 bridgehead atoms. The van der Waals surface area contributed by atoms with Crippen molar-refractivity contribution in [1.29, 1.82) is 0 Å². The van der Waals surface area contributed by atoms with Crippen LogP contribution in [0.1, 0.15) is 18.3 Å². The number of hydrazine groups is 1. The summed E-state index contributed by atoms with van der Waals surface area (Å²) in [5, 5.41) is 4.72. The molecule has 0 atom stereocenters. The quantitative estimate of drug-likeness (QED) is 0.610. The molecule has 106 valence electrons. The van der Waals surface area contributed by atoms with E-state index in [2.05, 4.69) is 25.9 Å². The topological polar surface area (TPSA) is 101 Å². The molecule has 0 radical (unpaired) electrons. The number of carbonyl (C=O) groups excluding carboxylic acids is 2. The zero-order valence-corrected chi connectivity index (χ0v) is 12.1. The summed E-state index contributed by atoms with van der Waals surface area (Å²) in [7, 11) is 0. The standard InChI is InChI=1S/C11H14N6O2S/c1-6-4-7(2)17-10(12-6)13-11(16-17)20-5-9(19)15-14-8(3)18/h4H,5H2,1-3H3,(H,14,18)(H,15,19). The fourth-order valence-corrected chi connectivity index (χ4v) is 2.15. The molecule has 0 unspecified atom stereocenters. The predicted octanol–water partition coefficient (Wildman–Crippen LogP) is 0.000540.